The highest BCUT2D eigenvalue weighted by molar-refractivity contribution is 6.04. The van der Waals surface area contributed by atoms with Crippen molar-refractivity contribution in [2.75, 3.05) is 0 Å². The van der Waals surface area contributed by atoms with Crippen LogP contribution in [0.25, 0.3) is 0 Å². The minimum absolute atomic E-state index is 0.360. The lowest BCUT2D eigenvalue weighted by molar-refractivity contribution is -0.110. The Morgan fingerprint density at radius 3 is 1.65 bits per heavy atom. The number of terminal acetylenes is 2. The van der Waals surface area contributed by atoms with E-state index in [1.807, 2.05) is 48.3 Å². The molecule has 1 rings (SSSR count). The summed E-state index contributed by atoms with van der Waals surface area (Å²) in [4.78, 5) is 21.9. The highest BCUT2D eigenvalue weighted by atomic mass is 16.1. The maximum absolute atomic E-state index is 10.9. The van der Waals surface area contributed by atoms with E-state index in [0.29, 0.717) is 0 Å². The van der Waals surface area contributed by atoms with Crippen molar-refractivity contribution in [2.45, 2.75) is 6.42 Å². The molecule has 0 heterocycles. The third kappa shape index (κ3) is 7.85. The highest BCUT2D eigenvalue weighted by Crippen LogP contribution is 2.17. The van der Waals surface area contributed by atoms with Gasteiger partial charge < -0.3 is 0 Å². The van der Waals surface area contributed by atoms with Gasteiger partial charge in [-0.15, -0.1) is 12.8 Å². The Balaban J connectivity index is 2.66. The number of hydrogen-bond donors (Lipinski definition) is 0. The second-order valence-corrected chi connectivity index (χ2v) is 4.50. The van der Waals surface area contributed by atoms with Crippen LogP contribution in [-0.4, -0.2) is 11.6 Å². The number of allylic oxidation sites excluding steroid dienone is 14. The molecule has 112 valence electrons. The Hall–Kier alpha value is -3.36. The van der Waals surface area contributed by atoms with E-state index in [1.165, 1.54) is 12.2 Å². The molecule has 1 aliphatic rings. The Morgan fingerprint density at radius 1 is 0.826 bits per heavy atom. The maximum atomic E-state index is 10.9. The number of ketones is 2. The van der Waals surface area contributed by atoms with Gasteiger partial charge in [-0.05, 0) is 41.6 Å². The molecule has 0 aromatic carbocycles. The Morgan fingerprint density at radius 2 is 1.26 bits per heavy atom. The molecule has 0 unspecified atom stereocenters. The monoisotopic (exact) mass is 300 g/mol. The molecule has 0 saturated carbocycles. The first-order chi connectivity index (χ1) is 11.2. The standard InChI is InChI=1S/C21H16O2/c1-3-20(22)15-9-7-13-18-11-5-6-12-19(17-18)14-8-10-16-21(23)4-2/h1-2,5-16H,17H2/b13-7+,14-8+,15-9-,16-10+. The molecule has 0 radical (unpaired) electrons. The number of carbonyl (C=O) groups excluding carboxylic acids is 2. The summed E-state index contributed by atoms with van der Waals surface area (Å²) in [5.41, 5.74) is 2.16. The fraction of sp³-hybridized carbons (Fsp3) is 0.0476. The maximum Gasteiger partial charge on any atom is 0.228 e. The van der Waals surface area contributed by atoms with E-state index in [0.717, 1.165) is 17.6 Å². The van der Waals surface area contributed by atoms with Crippen molar-refractivity contribution in [3.63, 3.8) is 0 Å². The first kappa shape index (κ1) is 17.7. The fourth-order valence-corrected chi connectivity index (χ4v) is 1.68. The van der Waals surface area contributed by atoms with Gasteiger partial charge in [0.15, 0.2) is 0 Å². The summed E-state index contributed by atoms with van der Waals surface area (Å²) in [6, 6.07) is 0. The Kier molecular flexibility index (Phi) is 7.98. The molecule has 2 heteroatoms. The van der Waals surface area contributed by atoms with Gasteiger partial charge >= 0.3 is 0 Å². The van der Waals surface area contributed by atoms with Crippen LogP contribution in [0.3, 0.4) is 0 Å². The predicted molar refractivity (Wildman–Crippen MR) is 94.2 cm³/mol. The molecule has 0 spiro atoms. The summed E-state index contributed by atoms with van der Waals surface area (Å²) in [5.74, 6) is 3.31. The van der Waals surface area contributed by atoms with Gasteiger partial charge in [-0.2, -0.15) is 0 Å². The van der Waals surface area contributed by atoms with Gasteiger partial charge in [0.2, 0.25) is 11.6 Å². The molecular formula is C21H16O2. The molecular weight excluding hydrogens is 284 g/mol. The van der Waals surface area contributed by atoms with E-state index < -0.39 is 0 Å². The van der Waals surface area contributed by atoms with E-state index in [-0.39, 0.29) is 11.6 Å². The molecule has 0 aromatic rings. The SMILES string of the molecule is C#CC(=O)/C=C\C=C\C1=CC=CC=C(/C=C/C=C/C(=O)C#C)C1. The topological polar surface area (TPSA) is 34.1 Å². The van der Waals surface area contributed by atoms with Gasteiger partial charge in [-0.25, -0.2) is 0 Å². The van der Waals surface area contributed by atoms with E-state index in [2.05, 4.69) is 0 Å². The van der Waals surface area contributed by atoms with Crippen molar-refractivity contribution in [3.05, 3.63) is 84.1 Å². The Bertz CT molecular complexity index is 685. The van der Waals surface area contributed by atoms with Gasteiger partial charge in [0.1, 0.15) is 0 Å². The summed E-state index contributed by atoms with van der Waals surface area (Å²) >= 11 is 0. The van der Waals surface area contributed by atoms with Gasteiger partial charge in [-0.1, -0.05) is 60.8 Å². The van der Waals surface area contributed by atoms with Crippen LogP contribution in [0.1, 0.15) is 6.42 Å². The third-order valence-electron chi connectivity index (χ3n) is 2.76. The highest BCUT2D eigenvalue weighted by Gasteiger charge is 1.98. The van der Waals surface area contributed by atoms with Gasteiger partial charge in [0.05, 0.1) is 0 Å². The predicted octanol–water partition coefficient (Wildman–Crippen LogP) is 3.43. The normalized spacial score (nSPS) is 14.7. The summed E-state index contributed by atoms with van der Waals surface area (Å²) in [7, 11) is 0. The van der Waals surface area contributed by atoms with Crippen LogP contribution in [0, 0.1) is 24.7 Å². The summed E-state index contributed by atoms with van der Waals surface area (Å²) in [6.45, 7) is 0. The van der Waals surface area contributed by atoms with E-state index >= 15 is 0 Å². The quantitative estimate of drug-likeness (QED) is 0.326. The molecule has 2 nitrogen and oxygen atoms in total. The van der Waals surface area contributed by atoms with Crippen LogP contribution in [0.15, 0.2) is 84.1 Å². The second-order valence-electron chi connectivity index (χ2n) is 4.50. The van der Waals surface area contributed by atoms with Crippen LogP contribution in [0.5, 0.6) is 0 Å². The lowest BCUT2D eigenvalue weighted by atomic mass is 10.0. The largest absolute Gasteiger partial charge is 0.280 e. The van der Waals surface area contributed by atoms with Crippen molar-refractivity contribution in [1.29, 1.82) is 0 Å². The Labute approximate surface area is 137 Å². The molecule has 0 atom stereocenters. The van der Waals surface area contributed by atoms with Crippen molar-refractivity contribution in [1.82, 2.24) is 0 Å². The van der Waals surface area contributed by atoms with Crippen LogP contribution in [0.4, 0.5) is 0 Å². The number of carbonyl (C=O) groups is 2. The van der Waals surface area contributed by atoms with Crippen molar-refractivity contribution < 1.29 is 9.59 Å². The molecule has 0 saturated heterocycles. The molecule has 23 heavy (non-hydrogen) atoms. The second kappa shape index (κ2) is 10.4. The summed E-state index contributed by atoms with van der Waals surface area (Å²) in [5, 5.41) is 0. The first-order valence-electron chi connectivity index (χ1n) is 6.92. The zero-order chi connectivity index (χ0) is 16.9. The minimum atomic E-state index is -0.360. The molecule has 1 aliphatic carbocycles. The van der Waals surface area contributed by atoms with Crippen molar-refractivity contribution in [2.24, 2.45) is 0 Å². The molecule has 0 aromatic heterocycles. The van der Waals surface area contributed by atoms with E-state index in [9.17, 15) is 9.59 Å². The molecule has 0 fully saturated rings. The van der Waals surface area contributed by atoms with Crippen LogP contribution in [-0.2, 0) is 9.59 Å². The average molecular weight is 300 g/mol. The zero-order valence-corrected chi connectivity index (χ0v) is 12.6. The fourth-order valence-electron chi connectivity index (χ4n) is 1.68. The average Bonchev–Trinajstić information content (AvgIpc) is 2.80. The van der Waals surface area contributed by atoms with Crippen molar-refractivity contribution >= 4 is 11.6 Å². The number of hydrogen-bond acceptors (Lipinski definition) is 2. The first-order valence-corrected chi connectivity index (χ1v) is 6.92. The smallest absolute Gasteiger partial charge is 0.228 e. The molecule has 0 amide bonds. The van der Waals surface area contributed by atoms with Crippen molar-refractivity contribution in [3.8, 4) is 24.7 Å². The van der Waals surface area contributed by atoms with Crippen LogP contribution in [0.2, 0.25) is 0 Å². The summed E-state index contributed by atoms with van der Waals surface area (Å²) < 4.78 is 0. The summed E-state index contributed by atoms with van der Waals surface area (Å²) in [6.07, 6.45) is 31.8. The van der Waals surface area contributed by atoms with E-state index in [4.69, 9.17) is 12.8 Å². The minimum Gasteiger partial charge on any atom is -0.280 e. The zero-order valence-electron chi connectivity index (χ0n) is 12.6. The van der Waals surface area contributed by atoms with Crippen LogP contribution < -0.4 is 0 Å². The van der Waals surface area contributed by atoms with E-state index in [1.54, 1.807) is 24.3 Å². The lowest BCUT2D eigenvalue weighted by Crippen LogP contribution is -1.84. The van der Waals surface area contributed by atoms with Crippen LogP contribution >= 0.6 is 0 Å². The van der Waals surface area contributed by atoms with Gasteiger partial charge in [0.25, 0.3) is 0 Å². The van der Waals surface area contributed by atoms with Gasteiger partial charge in [0, 0.05) is 0 Å². The molecule has 0 N–H and O–H groups in total. The lowest BCUT2D eigenvalue weighted by Gasteiger charge is -2.00. The molecule has 0 bridgehead atoms. The molecule has 0 aliphatic heterocycles. The third-order valence-corrected chi connectivity index (χ3v) is 2.76. The number of rotatable bonds is 6. The van der Waals surface area contributed by atoms with Gasteiger partial charge in [-0.3, -0.25) is 9.59 Å².